The number of anilines is 1. The van der Waals surface area contributed by atoms with Gasteiger partial charge in [-0.3, -0.25) is 13.9 Å². The minimum Gasteiger partial charge on any atom is -0.454 e. The van der Waals surface area contributed by atoms with Crippen molar-refractivity contribution >= 4 is 27.5 Å². The molecule has 1 aliphatic heterocycles. The Morgan fingerprint density at radius 3 is 2.37 bits per heavy atom. The maximum Gasteiger partial charge on any atom is 0.242 e. The standard InChI is InChI=1S/C28H39N3O6S/c1-6-24(28(33)29-17-20(2)3)30(18-22-11-9-21(4)10-12-22)27(32)8-7-15-31(38(5,34)35)23-13-14-25-26(16-23)37-19-36-25/h9-14,16,20,24H,6-8,15,17-19H2,1-5H3,(H,29,33). The first-order chi connectivity index (χ1) is 18.0. The molecule has 0 fully saturated rings. The van der Waals surface area contributed by atoms with Gasteiger partial charge in [0, 0.05) is 32.1 Å². The summed E-state index contributed by atoms with van der Waals surface area (Å²) in [5.41, 5.74) is 2.48. The second-order valence-electron chi connectivity index (χ2n) is 10.0. The number of sulfonamides is 1. The number of nitrogens with one attached hydrogen (secondary N) is 1. The molecule has 0 spiro atoms. The lowest BCUT2D eigenvalue weighted by Crippen LogP contribution is -2.49. The van der Waals surface area contributed by atoms with Crippen LogP contribution < -0.4 is 19.1 Å². The number of amides is 2. The van der Waals surface area contributed by atoms with Crippen molar-refractivity contribution in [3.05, 3.63) is 53.6 Å². The van der Waals surface area contributed by atoms with E-state index in [4.69, 9.17) is 9.47 Å². The fourth-order valence-electron chi connectivity index (χ4n) is 4.28. The van der Waals surface area contributed by atoms with Crippen LogP contribution >= 0.6 is 0 Å². The van der Waals surface area contributed by atoms with Gasteiger partial charge in [0.25, 0.3) is 0 Å². The number of fused-ring (bicyclic) bond motifs is 1. The third kappa shape index (κ3) is 7.86. The fraction of sp³-hybridized carbons (Fsp3) is 0.500. The molecular weight excluding hydrogens is 506 g/mol. The van der Waals surface area contributed by atoms with E-state index in [9.17, 15) is 18.0 Å². The van der Waals surface area contributed by atoms with Crippen LogP contribution in [0.3, 0.4) is 0 Å². The molecule has 1 atom stereocenters. The van der Waals surface area contributed by atoms with Crippen LogP contribution in [0.15, 0.2) is 42.5 Å². The molecular formula is C28H39N3O6S. The topological polar surface area (TPSA) is 105 Å². The van der Waals surface area contributed by atoms with Gasteiger partial charge < -0.3 is 19.7 Å². The number of nitrogens with zero attached hydrogens (tertiary/aromatic N) is 2. The van der Waals surface area contributed by atoms with Crippen molar-refractivity contribution < 1.29 is 27.5 Å². The van der Waals surface area contributed by atoms with E-state index in [0.717, 1.165) is 17.4 Å². The van der Waals surface area contributed by atoms with Gasteiger partial charge in [0.15, 0.2) is 11.5 Å². The van der Waals surface area contributed by atoms with E-state index in [1.165, 1.54) is 4.31 Å². The van der Waals surface area contributed by atoms with Gasteiger partial charge >= 0.3 is 0 Å². The highest BCUT2D eigenvalue weighted by Crippen LogP contribution is 2.36. The Kier molecular flexibility index (Phi) is 10.0. The average molecular weight is 546 g/mol. The SMILES string of the molecule is CCC(C(=O)NCC(C)C)N(Cc1ccc(C)cc1)C(=O)CCCN(c1ccc2c(c1)OCO2)S(C)(=O)=O. The van der Waals surface area contributed by atoms with Crippen molar-refractivity contribution in [2.45, 2.75) is 59.5 Å². The molecule has 208 valence electrons. The lowest BCUT2D eigenvalue weighted by Gasteiger charge is -2.31. The van der Waals surface area contributed by atoms with Crippen molar-refractivity contribution in [2.24, 2.45) is 5.92 Å². The van der Waals surface area contributed by atoms with E-state index in [0.29, 0.717) is 36.7 Å². The zero-order valence-electron chi connectivity index (χ0n) is 22.9. The first kappa shape index (κ1) is 29.3. The first-order valence-corrected chi connectivity index (χ1v) is 14.8. The zero-order chi connectivity index (χ0) is 27.9. The Hall–Kier alpha value is -3.27. The summed E-state index contributed by atoms with van der Waals surface area (Å²) in [6, 6.07) is 12.2. The molecule has 0 saturated carbocycles. The van der Waals surface area contributed by atoms with Crippen molar-refractivity contribution in [3.8, 4) is 11.5 Å². The number of aryl methyl sites for hydroxylation is 1. The van der Waals surface area contributed by atoms with E-state index in [-0.39, 0.29) is 43.9 Å². The second kappa shape index (κ2) is 13.0. The van der Waals surface area contributed by atoms with Crippen LogP contribution in [0.5, 0.6) is 11.5 Å². The van der Waals surface area contributed by atoms with Gasteiger partial charge in [-0.05, 0) is 43.4 Å². The summed E-state index contributed by atoms with van der Waals surface area (Å²) in [4.78, 5) is 28.2. The third-order valence-corrected chi connectivity index (χ3v) is 7.53. The number of hydrogen-bond donors (Lipinski definition) is 1. The molecule has 9 nitrogen and oxygen atoms in total. The largest absolute Gasteiger partial charge is 0.454 e. The van der Waals surface area contributed by atoms with E-state index in [1.807, 2.05) is 52.0 Å². The van der Waals surface area contributed by atoms with Crippen molar-refractivity contribution in [3.63, 3.8) is 0 Å². The minimum absolute atomic E-state index is 0.0896. The van der Waals surface area contributed by atoms with Crippen molar-refractivity contribution in [1.82, 2.24) is 10.2 Å². The maximum absolute atomic E-state index is 13.5. The summed E-state index contributed by atoms with van der Waals surface area (Å²) in [5, 5.41) is 2.96. The fourth-order valence-corrected chi connectivity index (χ4v) is 5.23. The molecule has 2 aromatic carbocycles. The molecule has 0 radical (unpaired) electrons. The zero-order valence-corrected chi connectivity index (χ0v) is 23.7. The quantitative estimate of drug-likeness (QED) is 0.410. The van der Waals surface area contributed by atoms with Gasteiger partial charge in [0.1, 0.15) is 6.04 Å². The Bertz CT molecular complexity index is 1210. The average Bonchev–Trinajstić information content (AvgIpc) is 3.33. The lowest BCUT2D eigenvalue weighted by atomic mass is 10.1. The number of benzene rings is 2. The van der Waals surface area contributed by atoms with Crippen LogP contribution in [0.25, 0.3) is 0 Å². The van der Waals surface area contributed by atoms with Crippen LogP contribution in [-0.2, 0) is 26.2 Å². The van der Waals surface area contributed by atoms with E-state index in [1.54, 1.807) is 23.1 Å². The smallest absolute Gasteiger partial charge is 0.242 e. The van der Waals surface area contributed by atoms with Gasteiger partial charge in [0.05, 0.1) is 11.9 Å². The number of hydrogen-bond acceptors (Lipinski definition) is 6. The Morgan fingerprint density at radius 2 is 1.74 bits per heavy atom. The van der Waals surface area contributed by atoms with Gasteiger partial charge in [-0.25, -0.2) is 8.42 Å². The van der Waals surface area contributed by atoms with Crippen molar-refractivity contribution in [2.75, 3.05) is 30.4 Å². The second-order valence-corrected chi connectivity index (χ2v) is 12.0. The van der Waals surface area contributed by atoms with Gasteiger partial charge in [-0.15, -0.1) is 0 Å². The maximum atomic E-state index is 13.5. The molecule has 2 aromatic rings. The summed E-state index contributed by atoms with van der Waals surface area (Å²) in [6.45, 7) is 8.94. The number of rotatable bonds is 13. The predicted molar refractivity (Wildman–Crippen MR) is 148 cm³/mol. The molecule has 0 bridgehead atoms. The summed E-state index contributed by atoms with van der Waals surface area (Å²) < 4.78 is 37.2. The highest BCUT2D eigenvalue weighted by Gasteiger charge is 2.29. The van der Waals surface area contributed by atoms with E-state index >= 15 is 0 Å². The van der Waals surface area contributed by atoms with Gasteiger partial charge in [0.2, 0.25) is 28.6 Å². The summed E-state index contributed by atoms with van der Waals surface area (Å²) in [6.07, 6.45) is 1.98. The Morgan fingerprint density at radius 1 is 1.05 bits per heavy atom. The minimum atomic E-state index is -3.61. The third-order valence-electron chi connectivity index (χ3n) is 6.34. The predicted octanol–water partition coefficient (Wildman–Crippen LogP) is 3.85. The Balaban J connectivity index is 1.75. The molecule has 3 rings (SSSR count). The first-order valence-electron chi connectivity index (χ1n) is 13.0. The Labute approximate surface area is 226 Å². The molecule has 0 saturated heterocycles. The van der Waals surface area contributed by atoms with Crippen LogP contribution in [-0.4, -0.2) is 57.3 Å². The number of carbonyl (C=O) groups is 2. The highest BCUT2D eigenvalue weighted by atomic mass is 32.2. The van der Waals surface area contributed by atoms with E-state index in [2.05, 4.69) is 5.32 Å². The lowest BCUT2D eigenvalue weighted by molar-refractivity contribution is -0.141. The van der Waals surface area contributed by atoms with Crippen molar-refractivity contribution in [1.29, 1.82) is 0 Å². The highest BCUT2D eigenvalue weighted by molar-refractivity contribution is 7.92. The molecule has 0 aliphatic carbocycles. The molecule has 1 unspecified atom stereocenters. The molecule has 38 heavy (non-hydrogen) atoms. The molecule has 2 amide bonds. The van der Waals surface area contributed by atoms with Crippen LogP contribution in [0.1, 0.15) is 51.2 Å². The monoisotopic (exact) mass is 545 g/mol. The molecule has 10 heteroatoms. The number of carbonyl (C=O) groups excluding carboxylic acids is 2. The van der Waals surface area contributed by atoms with Gasteiger partial charge in [-0.1, -0.05) is 50.6 Å². The summed E-state index contributed by atoms with van der Waals surface area (Å²) >= 11 is 0. The molecule has 1 aliphatic rings. The molecule has 1 heterocycles. The van der Waals surface area contributed by atoms with Gasteiger partial charge in [-0.2, -0.15) is 0 Å². The summed E-state index contributed by atoms with van der Waals surface area (Å²) in [5.74, 6) is 0.951. The normalized spacial score (nSPS) is 13.3. The van der Waals surface area contributed by atoms with Crippen LogP contribution in [0, 0.1) is 12.8 Å². The molecule has 1 N–H and O–H groups in total. The summed E-state index contributed by atoms with van der Waals surface area (Å²) in [7, 11) is -3.61. The van der Waals surface area contributed by atoms with E-state index < -0.39 is 16.1 Å². The molecule has 0 aromatic heterocycles. The van der Waals surface area contributed by atoms with Crippen LogP contribution in [0.2, 0.25) is 0 Å². The van der Waals surface area contributed by atoms with Crippen LogP contribution in [0.4, 0.5) is 5.69 Å². The number of ether oxygens (including phenoxy) is 2.